The summed E-state index contributed by atoms with van der Waals surface area (Å²) in [6, 6.07) is 0. The smallest absolute Gasteiger partial charge is 0.145 e. The van der Waals surface area contributed by atoms with E-state index in [1.807, 2.05) is 0 Å². The summed E-state index contributed by atoms with van der Waals surface area (Å²) in [5, 5.41) is 1.73. The first-order valence-corrected chi connectivity index (χ1v) is 4.58. The predicted molar refractivity (Wildman–Crippen MR) is 36.1 cm³/mol. The van der Waals surface area contributed by atoms with E-state index in [0.29, 0.717) is 5.69 Å². The summed E-state index contributed by atoms with van der Waals surface area (Å²) in [4.78, 5) is 3.79. The fourth-order valence-corrected chi connectivity index (χ4v) is 1.57. The van der Waals surface area contributed by atoms with E-state index in [1.165, 1.54) is 11.3 Å². The van der Waals surface area contributed by atoms with Gasteiger partial charge in [0, 0.05) is 5.38 Å². The number of thiazole rings is 1. The molecule has 0 aliphatic rings. The van der Waals surface area contributed by atoms with Crippen molar-refractivity contribution in [1.82, 2.24) is 4.98 Å². The van der Waals surface area contributed by atoms with Crippen molar-refractivity contribution in [2.75, 3.05) is 0 Å². The van der Waals surface area contributed by atoms with E-state index in [9.17, 15) is 8.42 Å². The molecule has 0 unspecified atom stereocenters. The zero-order chi connectivity index (χ0) is 6.69. The molecule has 1 rings (SSSR count). The standard InChI is InChI=1S/C4H5NO2S2/c6-9(7)2-4-1-8-3-5-4/h1,3,9H,2H2. The highest BCUT2D eigenvalue weighted by Crippen LogP contribution is 2.00. The van der Waals surface area contributed by atoms with Crippen molar-refractivity contribution in [2.24, 2.45) is 0 Å². The molecule has 0 bridgehead atoms. The minimum Gasteiger partial charge on any atom is -0.249 e. The van der Waals surface area contributed by atoms with E-state index in [-0.39, 0.29) is 5.75 Å². The summed E-state index contributed by atoms with van der Waals surface area (Å²) < 4.78 is 20.1. The molecular weight excluding hydrogens is 158 g/mol. The fourth-order valence-electron chi connectivity index (χ4n) is 0.448. The number of hydrogen-bond acceptors (Lipinski definition) is 4. The fraction of sp³-hybridized carbons (Fsp3) is 0.250. The van der Waals surface area contributed by atoms with Crippen LogP contribution in [0, 0.1) is 0 Å². The van der Waals surface area contributed by atoms with Crippen LogP contribution >= 0.6 is 11.3 Å². The molecule has 0 atom stereocenters. The normalized spacial score (nSPS) is 10.3. The van der Waals surface area contributed by atoms with Gasteiger partial charge in [0.05, 0.1) is 17.0 Å². The maximum absolute atomic E-state index is 10.1. The highest BCUT2D eigenvalue weighted by Gasteiger charge is 1.93. The van der Waals surface area contributed by atoms with Crippen molar-refractivity contribution in [2.45, 2.75) is 5.75 Å². The number of aromatic nitrogens is 1. The summed E-state index contributed by atoms with van der Waals surface area (Å²) in [5.74, 6) is 0.0683. The first-order chi connectivity index (χ1) is 4.29. The molecule has 1 aromatic heterocycles. The quantitative estimate of drug-likeness (QED) is 0.636. The third kappa shape index (κ3) is 2.11. The lowest BCUT2D eigenvalue weighted by atomic mass is 10.6. The zero-order valence-electron chi connectivity index (χ0n) is 4.48. The van der Waals surface area contributed by atoms with Crippen LogP contribution in [-0.4, -0.2) is 13.4 Å². The molecule has 9 heavy (non-hydrogen) atoms. The first-order valence-electron chi connectivity index (χ1n) is 2.28. The second kappa shape index (κ2) is 2.93. The molecule has 0 saturated carbocycles. The van der Waals surface area contributed by atoms with Crippen molar-refractivity contribution in [3.8, 4) is 0 Å². The van der Waals surface area contributed by atoms with Gasteiger partial charge in [-0.05, 0) is 0 Å². The van der Waals surface area contributed by atoms with Crippen molar-refractivity contribution < 1.29 is 8.42 Å². The molecule has 0 N–H and O–H groups in total. The molecule has 0 aromatic carbocycles. The maximum Gasteiger partial charge on any atom is 0.145 e. The number of thiol groups is 1. The van der Waals surface area contributed by atoms with Gasteiger partial charge >= 0.3 is 0 Å². The first kappa shape index (κ1) is 6.70. The van der Waals surface area contributed by atoms with Gasteiger partial charge < -0.3 is 0 Å². The molecule has 50 valence electrons. The van der Waals surface area contributed by atoms with Crippen molar-refractivity contribution in [3.63, 3.8) is 0 Å². The Hall–Kier alpha value is -0.420. The van der Waals surface area contributed by atoms with Crippen molar-refractivity contribution >= 4 is 22.0 Å². The molecular formula is C4H5NO2S2. The maximum atomic E-state index is 10.1. The van der Waals surface area contributed by atoms with Crippen LogP contribution in [0.1, 0.15) is 5.69 Å². The van der Waals surface area contributed by atoms with Gasteiger partial charge in [-0.1, -0.05) is 0 Å². The largest absolute Gasteiger partial charge is 0.249 e. The van der Waals surface area contributed by atoms with Crippen LogP contribution in [0.2, 0.25) is 0 Å². The third-order valence-corrected chi connectivity index (χ3v) is 1.99. The Morgan fingerprint density at radius 3 is 2.89 bits per heavy atom. The van der Waals surface area contributed by atoms with Crippen molar-refractivity contribution in [1.29, 1.82) is 0 Å². The average Bonchev–Trinajstić information content (AvgIpc) is 2.15. The van der Waals surface area contributed by atoms with Crippen LogP contribution in [0.15, 0.2) is 10.9 Å². The van der Waals surface area contributed by atoms with Crippen LogP contribution in [0.5, 0.6) is 0 Å². The lowest BCUT2D eigenvalue weighted by Crippen LogP contribution is -1.84. The van der Waals surface area contributed by atoms with Gasteiger partial charge in [-0.2, -0.15) is 0 Å². The molecule has 1 aromatic rings. The van der Waals surface area contributed by atoms with Crippen LogP contribution in [0.4, 0.5) is 0 Å². The Balaban J connectivity index is 2.68. The SMILES string of the molecule is O=[SH](=O)Cc1cscn1. The van der Waals surface area contributed by atoms with Crippen molar-refractivity contribution in [3.05, 3.63) is 16.6 Å². The summed E-state index contributed by atoms with van der Waals surface area (Å²) in [6.07, 6.45) is 0. The molecule has 5 heteroatoms. The molecule has 0 fully saturated rings. The second-order valence-electron chi connectivity index (χ2n) is 1.47. The van der Waals surface area contributed by atoms with E-state index in [0.717, 1.165) is 0 Å². The van der Waals surface area contributed by atoms with E-state index in [1.54, 1.807) is 10.9 Å². The third-order valence-electron chi connectivity index (χ3n) is 0.775. The van der Waals surface area contributed by atoms with E-state index in [4.69, 9.17) is 0 Å². The van der Waals surface area contributed by atoms with Gasteiger partial charge in [-0.25, -0.2) is 13.4 Å². The minimum absolute atomic E-state index is 0.0683. The molecule has 0 saturated heterocycles. The highest BCUT2D eigenvalue weighted by atomic mass is 32.2. The Kier molecular flexibility index (Phi) is 2.18. The molecule has 0 aliphatic carbocycles. The van der Waals surface area contributed by atoms with E-state index in [2.05, 4.69) is 4.98 Å². The molecule has 0 spiro atoms. The molecule has 1 heterocycles. The van der Waals surface area contributed by atoms with Gasteiger partial charge in [-0.15, -0.1) is 11.3 Å². The van der Waals surface area contributed by atoms with Crippen LogP contribution in [-0.2, 0) is 16.5 Å². The zero-order valence-corrected chi connectivity index (χ0v) is 6.19. The molecule has 0 radical (unpaired) electrons. The molecule has 0 amide bonds. The Labute approximate surface area is 58.3 Å². The van der Waals surface area contributed by atoms with Gasteiger partial charge in [0.1, 0.15) is 10.7 Å². The highest BCUT2D eigenvalue weighted by molar-refractivity contribution is 7.71. The Morgan fingerprint density at radius 2 is 2.44 bits per heavy atom. The summed E-state index contributed by atoms with van der Waals surface area (Å²) in [7, 11) is -2.31. The lowest BCUT2D eigenvalue weighted by molar-refractivity contribution is 0.613. The monoisotopic (exact) mass is 163 g/mol. The van der Waals surface area contributed by atoms with Crippen LogP contribution < -0.4 is 0 Å². The predicted octanol–water partition coefficient (Wildman–Crippen LogP) is 0.255. The second-order valence-corrected chi connectivity index (χ2v) is 3.17. The molecule has 3 nitrogen and oxygen atoms in total. The van der Waals surface area contributed by atoms with Crippen LogP contribution in [0.25, 0.3) is 0 Å². The summed E-state index contributed by atoms with van der Waals surface area (Å²) in [6.45, 7) is 0. The summed E-state index contributed by atoms with van der Waals surface area (Å²) >= 11 is 1.40. The Morgan fingerprint density at radius 1 is 1.67 bits per heavy atom. The average molecular weight is 163 g/mol. The van der Waals surface area contributed by atoms with E-state index >= 15 is 0 Å². The number of hydrogen-bond donors (Lipinski definition) is 1. The lowest BCUT2D eigenvalue weighted by Gasteiger charge is -1.79. The number of rotatable bonds is 2. The van der Waals surface area contributed by atoms with Crippen LogP contribution in [0.3, 0.4) is 0 Å². The topological polar surface area (TPSA) is 47.0 Å². The Bertz CT molecular complexity index is 231. The van der Waals surface area contributed by atoms with Gasteiger partial charge in [-0.3, -0.25) is 0 Å². The van der Waals surface area contributed by atoms with Gasteiger partial charge in [0.25, 0.3) is 0 Å². The van der Waals surface area contributed by atoms with Gasteiger partial charge in [0.2, 0.25) is 0 Å². The minimum atomic E-state index is -2.31. The van der Waals surface area contributed by atoms with Gasteiger partial charge in [0.15, 0.2) is 0 Å². The van der Waals surface area contributed by atoms with E-state index < -0.39 is 10.7 Å². The summed E-state index contributed by atoms with van der Waals surface area (Å²) in [5.41, 5.74) is 2.25. The number of nitrogens with zero attached hydrogens (tertiary/aromatic N) is 1. The molecule has 0 aliphatic heterocycles.